The van der Waals surface area contributed by atoms with Crippen LogP contribution in [0.2, 0.25) is 0 Å². The molecule has 0 radical (unpaired) electrons. The second kappa shape index (κ2) is 6.63. The van der Waals surface area contributed by atoms with E-state index in [-0.39, 0.29) is 5.56 Å². The van der Waals surface area contributed by atoms with Crippen molar-refractivity contribution in [1.82, 2.24) is 9.55 Å². The topological polar surface area (TPSA) is 37.8 Å². The standard InChI is InChI=1S/C12H20N2OS/c1-3-5-7-10(6-4-2)14-9-8-11(15)13-12(14)16/h8-10H,3-7H2,1-2H3,(H,13,15,16). The fourth-order valence-electron chi connectivity index (χ4n) is 1.91. The van der Waals surface area contributed by atoms with Gasteiger partial charge in [0.25, 0.3) is 5.56 Å². The Morgan fingerprint density at radius 2 is 2.12 bits per heavy atom. The number of nitrogens with zero attached hydrogens (tertiary/aromatic N) is 1. The zero-order valence-corrected chi connectivity index (χ0v) is 10.8. The van der Waals surface area contributed by atoms with E-state index in [2.05, 4.69) is 18.8 Å². The van der Waals surface area contributed by atoms with Crippen LogP contribution in [0.5, 0.6) is 0 Å². The van der Waals surface area contributed by atoms with Crippen molar-refractivity contribution < 1.29 is 0 Å². The Kier molecular flexibility index (Phi) is 5.46. The van der Waals surface area contributed by atoms with Crippen molar-refractivity contribution in [2.24, 2.45) is 0 Å². The van der Waals surface area contributed by atoms with Gasteiger partial charge in [-0.2, -0.15) is 0 Å². The van der Waals surface area contributed by atoms with Crippen molar-refractivity contribution in [1.29, 1.82) is 0 Å². The Hall–Kier alpha value is -0.900. The number of unbranched alkanes of at least 4 members (excludes halogenated alkanes) is 1. The molecule has 0 aliphatic rings. The molecule has 1 aromatic rings. The van der Waals surface area contributed by atoms with Crippen molar-refractivity contribution in [3.05, 3.63) is 27.4 Å². The molecule has 0 aliphatic carbocycles. The number of H-pyrrole nitrogens is 1. The molecule has 16 heavy (non-hydrogen) atoms. The quantitative estimate of drug-likeness (QED) is 0.773. The molecule has 3 nitrogen and oxygen atoms in total. The summed E-state index contributed by atoms with van der Waals surface area (Å²) >= 11 is 5.19. The molecule has 1 heterocycles. The van der Waals surface area contributed by atoms with E-state index >= 15 is 0 Å². The van der Waals surface area contributed by atoms with Crippen LogP contribution < -0.4 is 5.56 Å². The van der Waals surface area contributed by atoms with Crippen LogP contribution in [0.25, 0.3) is 0 Å². The average molecular weight is 240 g/mol. The Balaban J connectivity index is 2.91. The summed E-state index contributed by atoms with van der Waals surface area (Å²) < 4.78 is 2.57. The molecule has 1 unspecified atom stereocenters. The lowest BCUT2D eigenvalue weighted by atomic mass is 10.1. The van der Waals surface area contributed by atoms with Crippen LogP contribution in [0.1, 0.15) is 52.0 Å². The monoisotopic (exact) mass is 240 g/mol. The fourth-order valence-corrected chi connectivity index (χ4v) is 2.22. The SMILES string of the molecule is CCCCC(CCC)n1ccc(=O)[nH]c1=S. The minimum atomic E-state index is -0.119. The minimum absolute atomic E-state index is 0.119. The highest BCUT2D eigenvalue weighted by atomic mass is 32.1. The molecular weight excluding hydrogens is 220 g/mol. The lowest BCUT2D eigenvalue weighted by Crippen LogP contribution is -2.16. The van der Waals surface area contributed by atoms with Crippen molar-refractivity contribution in [3.8, 4) is 0 Å². The molecule has 0 amide bonds. The van der Waals surface area contributed by atoms with Gasteiger partial charge in [-0.1, -0.05) is 33.1 Å². The number of rotatable bonds is 6. The van der Waals surface area contributed by atoms with E-state index in [1.807, 2.05) is 10.8 Å². The summed E-state index contributed by atoms with van der Waals surface area (Å²) in [7, 11) is 0. The highest BCUT2D eigenvalue weighted by Crippen LogP contribution is 2.20. The summed E-state index contributed by atoms with van der Waals surface area (Å²) in [4.78, 5) is 13.8. The summed E-state index contributed by atoms with van der Waals surface area (Å²) in [5.41, 5.74) is -0.119. The van der Waals surface area contributed by atoms with Crippen molar-refractivity contribution >= 4 is 12.2 Å². The van der Waals surface area contributed by atoms with Gasteiger partial charge in [0.15, 0.2) is 4.77 Å². The Morgan fingerprint density at radius 3 is 2.69 bits per heavy atom. The van der Waals surface area contributed by atoms with Crippen molar-refractivity contribution in [2.45, 2.75) is 52.0 Å². The fraction of sp³-hybridized carbons (Fsp3) is 0.667. The number of nitrogens with one attached hydrogen (secondary N) is 1. The molecule has 1 atom stereocenters. The first-order valence-electron chi connectivity index (χ1n) is 6.00. The summed E-state index contributed by atoms with van der Waals surface area (Å²) in [6.07, 6.45) is 7.58. The van der Waals surface area contributed by atoms with Gasteiger partial charge >= 0.3 is 0 Å². The van der Waals surface area contributed by atoms with Gasteiger partial charge in [-0.3, -0.25) is 9.78 Å². The van der Waals surface area contributed by atoms with Crippen LogP contribution in [0.4, 0.5) is 0 Å². The largest absolute Gasteiger partial charge is 0.322 e. The summed E-state index contributed by atoms with van der Waals surface area (Å²) in [5, 5.41) is 0. The molecule has 0 aliphatic heterocycles. The van der Waals surface area contributed by atoms with E-state index < -0.39 is 0 Å². The molecule has 1 rings (SSSR count). The molecule has 0 spiro atoms. The van der Waals surface area contributed by atoms with E-state index in [0.717, 1.165) is 19.3 Å². The van der Waals surface area contributed by atoms with Crippen LogP contribution >= 0.6 is 12.2 Å². The number of hydrogen-bond donors (Lipinski definition) is 1. The third kappa shape index (κ3) is 3.59. The Bertz CT molecular complexity index is 422. The highest BCUT2D eigenvalue weighted by Gasteiger charge is 2.09. The molecule has 4 heteroatoms. The second-order valence-corrected chi connectivity index (χ2v) is 4.49. The summed E-state index contributed by atoms with van der Waals surface area (Å²) in [6, 6.07) is 1.97. The van der Waals surface area contributed by atoms with Crippen LogP contribution in [-0.4, -0.2) is 9.55 Å². The van der Waals surface area contributed by atoms with Crippen LogP contribution in [-0.2, 0) is 0 Å². The average Bonchev–Trinajstić information content (AvgIpc) is 2.25. The minimum Gasteiger partial charge on any atom is -0.322 e. The zero-order chi connectivity index (χ0) is 12.0. The normalized spacial score (nSPS) is 12.6. The maximum atomic E-state index is 11.1. The van der Waals surface area contributed by atoms with Gasteiger partial charge in [0.2, 0.25) is 0 Å². The van der Waals surface area contributed by atoms with Crippen LogP contribution in [0.3, 0.4) is 0 Å². The maximum Gasteiger partial charge on any atom is 0.251 e. The van der Waals surface area contributed by atoms with Gasteiger partial charge < -0.3 is 4.57 Å². The highest BCUT2D eigenvalue weighted by molar-refractivity contribution is 7.71. The van der Waals surface area contributed by atoms with E-state index in [1.54, 1.807) is 6.07 Å². The first kappa shape index (κ1) is 13.2. The Morgan fingerprint density at radius 1 is 1.38 bits per heavy atom. The van der Waals surface area contributed by atoms with E-state index in [1.165, 1.54) is 12.8 Å². The van der Waals surface area contributed by atoms with Gasteiger partial charge in [0.05, 0.1) is 0 Å². The number of aromatic amines is 1. The molecule has 1 N–H and O–H groups in total. The van der Waals surface area contributed by atoms with Gasteiger partial charge in [-0.15, -0.1) is 0 Å². The number of hydrogen-bond acceptors (Lipinski definition) is 2. The third-order valence-corrected chi connectivity index (χ3v) is 3.07. The smallest absolute Gasteiger partial charge is 0.251 e. The molecule has 0 saturated heterocycles. The summed E-state index contributed by atoms with van der Waals surface area (Å²) in [5.74, 6) is 0. The predicted octanol–water partition coefficient (Wildman–Crippen LogP) is 3.44. The molecule has 0 bridgehead atoms. The Labute approximate surface area is 102 Å². The summed E-state index contributed by atoms with van der Waals surface area (Å²) in [6.45, 7) is 4.36. The predicted molar refractivity (Wildman–Crippen MR) is 69.4 cm³/mol. The van der Waals surface area contributed by atoms with Gasteiger partial charge in [-0.25, -0.2) is 0 Å². The van der Waals surface area contributed by atoms with Crippen molar-refractivity contribution in [3.63, 3.8) is 0 Å². The van der Waals surface area contributed by atoms with E-state index in [9.17, 15) is 4.79 Å². The van der Waals surface area contributed by atoms with E-state index in [4.69, 9.17) is 12.2 Å². The molecule has 1 aromatic heterocycles. The molecule has 0 saturated carbocycles. The maximum absolute atomic E-state index is 11.1. The second-order valence-electron chi connectivity index (χ2n) is 4.10. The van der Waals surface area contributed by atoms with Gasteiger partial charge in [0.1, 0.15) is 0 Å². The van der Waals surface area contributed by atoms with Gasteiger partial charge in [-0.05, 0) is 25.1 Å². The van der Waals surface area contributed by atoms with Crippen molar-refractivity contribution in [2.75, 3.05) is 0 Å². The zero-order valence-electron chi connectivity index (χ0n) is 10.0. The first-order valence-corrected chi connectivity index (χ1v) is 6.41. The lowest BCUT2D eigenvalue weighted by molar-refractivity contribution is 0.407. The van der Waals surface area contributed by atoms with Gasteiger partial charge in [0, 0.05) is 18.3 Å². The molecular formula is C12H20N2OS. The number of aromatic nitrogens is 2. The third-order valence-electron chi connectivity index (χ3n) is 2.76. The first-order chi connectivity index (χ1) is 7.69. The molecule has 0 aromatic carbocycles. The molecule has 0 fully saturated rings. The van der Waals surface area contributed by atoms with Crippen LogP contribution in [0, 0.1) is 4.77 Å². The lowest BCUT2D eigenvalue weighted by Gasteiger charge is -2.19. The molecule has 90 valence electrons. The van der Waals surface area contributed by atoms with E-state index in [0.29, 0.717) is 10.8 Å². The van der Waals surface area contributed by atoms with Crippen LogP contribution in [0.15, 0.2) is 17.1 Å².